The molecule has 214 valence electrons. The minimum absolute atomic E-state index is 0.0308. The molecule has 40 heavy (non-hydrogen) atoms. The van der Waals surface area contributed by atoms with Crippen molar-refractivity contribution >= 4 is 34.5 Å². The summed E-state index contributed by atoms with van der Waals surface area (Å²) in [5, 5.41) is 4.73. The van der Waals surface area contributed by atoms with Crippen molar-refractivity contribution in [1.29, 1.82) is 0 Å². The van der Waals surface area contributed by atoms with Gasteiger partial charge in [-0.2, -0.15) is 4.98 Å². The predicted octanol–water partition coefficient (Wildman–Crippen LogP) is 4.03. The third-order valence-corrected chi connectivity index (χ3v) is 8.13. The molecule has 2 aromatic heterocycles. The molecule has 2 aliphatic heterocycles. The first kappa shape index (κ1) is 28.5. The maximum atomic E-state index is 14.2. The average Bonchev–Trinajstić information content (AvgIpc) is 3.41. The molecule has 3 aromatic rings. The number of methoxy groups -OCH3 is 1. The van der Waals surface area contributed by atoms with Crippen LogP contribution >= 0.6 is 11.6 Å². The number of fused-ring (bicyclic) bond motifs is 1. The lowest BCUT2D eigenvalue weighted by atomic mass is 10.0. The molecule has 5 rings (SSSR count). The minimum Gasteiger partial charge on any atom is -0.484 e. The maximum absolute atomic E-state index is 14.2. The largest absolute Gasteiger partial charge is 0.484 e. The number of likely N-dealkylation sites (tertiary alicyclic amines) is 1. The number of rotatable bonds is 8. The van der Waals surface area contributed by atoms with Gasteiger partial charge in [-0.25, -0.2) is 9.98 Å². The molecule has 2 saturated heterocycles. The number of nitrogens with zero attached hydrogens (tertiary/aromatic N) is 5. The lowest BCUT2D eigenvalue weighted by Gasteiger charge is -2.24. The fraction of sp³-hybridized carbons (Fsp3) is 0.517. The molecular formula is C29H38ClN7O3. The van der Waals surface area contributed by atoms with Gasteiger partial charge in [-0.05, 0) is 43.9 Å². The third kappa shape index (κ3) is 6.15. The summed E-state index contributed by atoms with van der Waals surface area (Å²) < 4.78 is 12.5. The Bertz CT molecular complexity index is 1440. The molecule has 11 heteroatoms. The Labute approximate surface area is 239 Å². The summed E-state index contributed by atoms with van der Waals surface area (Å²) in [5.74, 6) is 1.12. The van der Waals surface area contributed by atoms with Crippen molar-refractivity contribution in [1.82, 2.24) is 19.4 Å². The number of aliphatic imine (C=N–C) groups is 1. The van der Waals surface area contributed by atoms with Crippen molar-refractivity contribution < 1.29 is 9.47 Å². The van der Waals surface area contributed by atoms with Gasteiger partial charge in [0.1, 0.15) is 5.65 Å². The number of pyridine rings is 1. The molecule has 0 aliphatic carbocycles. The van der Waals surface area contributed by atoms with Crippen LogP contribution in [0.15, 0.2) is 40.2 Å². The molecule has 2 aliphatic rings. The Balaban J connectivity index is 1.57. The van der Waals surface area contributed by atoms with E-state index in [2.05, 4.69) is 20.2 Å². The van der Waals surface area contributed by atoms with Crippen LogP contribution in [0.1, 0.15) is 50.8 Å². The van der Waals surface area contributed by atoms with Gasteiger partial charge >= 0.3 is 0 Å². The second-order valence-corrected chi connectivity index (χ2v) is 10.9. The number of nitrogens with one attached hydrogen (secondary N) is 1. The van der Waals surface area contributed by atoms with Crippen molar-refractivity contribution in [2.45, 2.75) is 51.2 Å². The van der Waals surface area contributed by atoms with E-state index in [1.54, 1.807) is 13.3 Å². The van der Waals surface area contributed by atoms with E-state index in [1.165, 1.54) is 0 Å². The summed E-state index contributed by atoms with van der Waals surface area (Å²) in [7, 11) is 1.60. The summed E-state index contributed by atoms with van der Waals surface area (Å²) in [6.07, 6.45) is 4.43. The number of ether oxygens (including phenoxy) is 2. The molecule has 0 spiro atoms. The number of benzene rings is 1. The van der Waals surface area contributed by atoms with E-state index >= 15 is 0 Å². The van der Waals surface area contributed by atoms with Crippen LogP contribution < -0.4 is 16.6 Å². The molecule has 3 N–H and O–H groups in total. The van der Waals surface area contributed by atoms with Crippen LogP contribution in [0.4, 0.5) is 5.95 Å². The van der Waals surface area contributed by atoms with E-state index in [0.717, 1.165) is 63.1 Å². The first-order valence-corrected chi connectivity index (χ1v) is 14.3. The zero-order valence-corrected chi connectivity index (χ0v) is 24.2. The second-order valence-electron chi connectivity index (χ2n) is 10.5. The van der Waals surface area contributed by atoms with Crippen LogP contribution in [-0.2, 0) is 9.47 Å². The van der Waals surface area contributed by atoms with Gasteiger partial charge in [0, 0.05) is 80.1 Å². The SMILES string of the molecule is COC(C)=NC(C)c1ccc(-c2cc3cnc(NC4CCOCC4)nc3n(C3CCN(CCN)C3)c2=O)c(Cl)c1. The molecular weight excluding hydrogens is 530 g/mol. The fourth-order valence-electron chi connectivity index (χ4n) is 5.56. The summed E-state index contributed by atoms with van der Waals surface area (Å²) >= 11 is 6.81. The Kier molecular flexibility index (Phi) is 9.00. The lowest BCUT2D eigenvalue weighted by Crippen LogP contribution is -2.32. The summed E-state index contributed by atoms with van der Waals surface area (Å²) in [6, 6.07) is 7.67. The van der Waals surface area contributed by atoms with Gasteiger partial charge in [-0.1, -0.05) is 23.7 Å². The fourth-order valence-corrected chi connectivity index (χ4v) is 5.85. The Morgan fingerprint density at radius 2 is 2.08 bits per heavy atom. The van der Waals surface area contributed by atoms with Crippen LogP contribution in [0, 0.1) is 0 Å². The predicted molar refractivity (Wildman–Crippen MR) is 159 cm³/mol. The van der Waals surface area contributed by atoms with Crippen molar-refractivity contribution in [3.8, 4) is 11.1 Å². The zero-order valence-electron chi connectivity index (χ0n) is 23.4. The van der Waals surface area contributed by atoms with Crippen LogP contribution in [-0.4, -0.2) is 77.9 Å². The summed E-state index contributed by atoms with van der Waals surface area (Å²) in [4.78, 5) is 30.5. The van der Waals surface area contributed by atoms with Gasteiger partial charge in [0.15, 0.2) is 5.90 Å². The molecule has 2 unspecified atom stereocenters. The van der Waals surface area contributed by atoms with Crippen LogP contribution in [0.2, 0.25) is 5.02 Å². The maximum Gasteiger partial charge on any atom is 0.260 e. The van der Waals surface area contributed by atoms with E-state index < -0.39 is 0 Å². The average molecular weight is 568 g/mol. The quantitative estimate of drug-likeness (QED) is 0.309. The molecule has 4 heterocycles. The van der Waals surface area contributed by atoms with Crippen molar-refractivity contribution in [3.05, 3.63) is 51.4 Å². The third-order valence-electron chi connectivity index (χ3n) is 7.82. The Morgan fingerprint density at radius 1 is 1.27 bits per heavy atom. The van der Waals surface area contributed by atoms with E-state index in [4.69, 9.17) is 31.8 Å². The molecule has 0 amide bonds. The molecule has 0 bridgehead atoms. The molecule has 2 fully saturated rings. The van der Waals surface area contributed by atoms with Crippen LogP contribution in [0.25, 0.3) is 22.2 Å². The monoisotopic (exact) mass is 567 g/mol. The molecule has 2 atom stereocenters. The number of anilines is 1. The number of hydrogen-bond acceptors (Lipinski definition) is 9. The topological polar surface area (TPSA) is 120 Å². The Hall–Kier alpha value is -3.05. The van der Waals surface area contributed by atoms with Gasteiger partial charge in [0.2, 0.25) is 5.95 Å². The molecule has 0 saturated carbocycles. The lowest BCUT2D eigenvalue weighted by molar-refractivity contribution is 0.0903. The number of halogens is 1. The zero-order chi connectivity index (χ0) is 28.2. The summed E-state index contributed by atoms with van der Waals surface area (Å²) in [5.41, 5.74) is 8.48. The number of nitrogens with two attached hydrogens (primary N) is 1. The van der Waals surface area contributed by atoms with Crippen molar-refractivity contribution in [3.63, 3.8) is 0 Å². The molecule has 10 nitrogen and oxygen atoms in total. The molecule has 0 radical (unpaired) electrons. The van der Waals surface area contributed by atoms with Gasteiger partial charge in [-0.15, -0.1) is 0 Å². The highest BCUT2D eigenvalue weighted by Gasteiger charge is 2.28. The van der Waals surface area contributed by atoms with Gasteiger partial charge < -0.3 is 20.5 Å². The standard InChI is InChI=1S/C29H38ClN7O3/c1-18(33-19(2)39-3)20-4-5-24(26(30)15-20)25-14-21-16-32-29(34-22-7-12-40-13-8-22)35-27(21)37(28(25)38)23-6-10-36(17-23)11-9-31/h4-5,14-16,18,22-23H,6-13,17,31H2,1-3H3,(H,32,34,35). The first-order valence-electron chi connectivity index (χ1n) is 13.9. The molecule has 1 aromatic carbocycles. The van der Waals surface area contributed by atoms with Gasteiger partial charge in [0.05, 0.1) is 19.2 Å². The highest BCUT2D eigenvalue weighted by Crippen LogP contribution is 2.33. The normalized spacial score (nSPS) is 19.7. The summed E-state index contributed by atoms with van der Waals surface area (Å²) in [6.45, 7) is 8.23. The van der Waals surface area contributed by atoms with E-state index in [9.17, 15) is 4.79 Å². The van der Waals surface area contributed by atoms with Gasteiger partial charge in [-0.3, -0.25) is 14.3 Å². The second kappa shape index (κ2) is 12.6. The van der Waals surface area contributed by atoms with E-state index in [0.29, 0.717) is 40.2 Å². The number of hydrogen-bond donors (Lipinski definition) is 2. The minimum atomic E-state index is -0.137. The van der Waals surface area contributed by atoms with Crippen LogP contribution in [0.3, 0.4) is 0 Å². The first-order chi connectivity index (χ1) is 19.4. The Morgan fingerprint density at radius 3 is 2.80 bits per heavy atom. The highest BCUT2D eigenvalue weighted by molar-refractivity contribution is 6.33. The van der Waals surface area contributed by atoms with Crippen LogP contribution in [0.5, 0.6) is 0 Å². The van der Waals surface area contributed by atoms with E-state index in [-0.39, 0.29) is 23.7 Å². The smallest absolute Gasteiger partial charge is 0.260 e. The highest BCUT2D eigenvalue weighted by atomic mass is 35.5. The van der Waals surface area contributed by atoms with Crippen molar-refractivity contribution in [2.24, 2.45) is 10.7 Å². The van der Waals surface area contributed by atoms with Gasteiger partial charge in [0.25, 0.3) is 5.56 Å². The van der Waals surface area contributed by atoms with E-state index in [1.807, 2.05) is 42.7 Å². The van der Waals surface area contributed by atoms with Crippen molar-refractivity contribution in [2.75, 3.05) is 51.8 Å². The number of aromatic nitrogens is 3.